The van der Waals surface area contributed by atoms with Gasteiger partial charge in [-0.15, -0.1) is 0 Å². The highest BCUT2D eigenvalue weighted by Gasteiger charge is 2.21. The molecule has 2 N–H and O–H groups in total. The Balaban J connectivity index is 2.13. The Bertz CT molecular complexity index is 443. The molecule has 1 aromatic carbocycles. The molecule has 2 rings (SSSR count). The van der Waals surface area contributed by atoms with Gasteiger partial charge in [0.05, 0.1) is 0 Å². The van der Waals surface area contributed by atoms with Crippen molar-refractivity contribution in [1.29, 1.82) is 0 Å². The smallest absolute Gasteiger partial charge is 0.0434 e. The van der Waals surface area contributed by atoms with E-state index >= 15 is 0 Å². The van der Waals surface area contributed by atoms with Crippen molar-refractivity contribution in [3.8, 4) is 0 Å². The summed E-state index contributed by atoms with van der Waals surface area (Å²) in [6.45, 7) is 10.00. The lowest BCUT2D eigenvalue weighted by molar-refractivity contribution is 0.244. The molecule has 0 saturated carbocycles. The lowest BCUT2D eigenvalue weighted by atomic mass is 9.94. The predicted molar refractivity (Wildman–Crippen MR) is 89.8 cm³/mol. The van der Waals surface area contributed by atoms with E-state index in [0.29, 0.717) is 18.6 Å². The zero-order valence-corrected chi connectivity index (χ0v) is 13.7. The lowest BCUT2D eigenvalue weighted by Gasteiger charge is -2.35. The van der Waals surface area contributed by atoms with E-state index in [9.17, 15) is 5.11 Å². The molecule has 118 valence electrons. The van der Waals surface area contributed by atoms with Crippen molar-refractivity contribution in [3.63, 3.8) is 0 Å². The summed E-state index contributed by atoms with van der Waals surface area (Å²) in [5.74, 6) is 0.635. The molecule has 1 aliphatic heterocycles. The summed E-state index contributed by atoms with van der Waals surface area (Å²) < 4.78 is 0. The van der Waals surface area contributed by atoms with Crippen LogP contribution in [0.3, 0.4) is 0 Å². The monoisotopic (exact) mass is 290 g/mol. The SMILES string of the molecule is Cc1ccc(N2CCCC(CCO)C2)c(CNC(C)C)c1. The number of nitrogens with zero attached hydrogens (tertiary/aromatic N) is 1. The second kappa shape index (κ2) is 7.81. The van der Waals surface area contributed by atoms with Crippen molar-refractivity contribution >= 4 is 5.69 Å². The number of piperidine rings is 1. The highest BCUT2D eigenvalue weighted by Crippen LogP contribution is 2.28. The molecule has 1 saturated heterocycles. The van der Waals surface area contributed by atoms with Crippen LogP contribution >= 0.6 is 0 Å². The van der Waals surface area contributed by atoms with Gasteiger partial charge >= 0.3 is 0 Å². The van der Waals surface area contributed by atoms with Crippen LogP contribution in [-0.2, 0) is 6.54 Å². The molecule has 0 bridgehead atoms. The minimum atomic E-state index is 0.314. The first-order chi connectivity index (χ1) is 10.1. The van der Waals surface area contributed by atoms with Crippen molar-refractivity contribution < 1.29 is 5.11 Å². The number of aliphatic hydroxyl groups excluding tert-OH is 1. The molecule has 0 amide bonds. The number of anilines is 1. The van der Waals surface area contributed by atoms with Gasteiger partial charge in [0, 0.05) is 38.0 Å². The number of hydrogen-bond acceptors (Lipinski definition) is 3. The Hall–Kier alpha value is -1.06. The average molecular weight is 290 g/mol. The van der Waals surface area contributed by atoms with Crippen molar-refractivity contribution in [3.05, 3.63) is 29.3 Å². The quantitative estimate of drug-likeness (QED) is 0.845. The minimum Gasteiger partial charge on any atom is -0.396 e. The van der Waals surface area contributed by atoms with Crippen molar-refractivity contribution in [2.24, 2.45) is 5.92 Å². The maximum absolute atomic E-state index is 9.18. The maximum Gasteiger partial charge on any atom is 0.0434 e. The first-order valence-corrected chi connectivity index (χ1v) is 8.29. The van der Waals surface area contributed by atoms with Gasteiger partial charge in [0.15, 0.2) is 0 Å². The van der Waals surface area contributed by atoms with Gasteiger partial charge in [-0.3, -0.25) is 0 Å². The molecule has 0 spiro atoms. The molecule has 3 heteroatoms. The summed E-state index contributed by atoms with van der Waals surface area (Å²) in [5.41, 5.74) is 4.09. The minimum absolute atomic E-state index is 0.314. The van der Waals surface area contributed by atoms with Crippen molar-refractivity contribution in [1.82, 2.24) is 5.32 Å². The van der Waals surface area contributed by atoms with Crippen molar-refractivity contribution in [2.45, 2.75) is 52.6 Å². The second-order valence-electron chi connectivity index (χ2n) is 6.63. The van der Waals surface area contributed by atoms with Crippen LogP contribution in [0, 0.1) is 12.8 Å². The van der Waals surface area contributed by atoms with Gasteiger partial charge in [-0.25, -0.2) is 0 Å². The summed E-state index contributed by atoms with van der Waals surface area (Å²) in [6, 6.07) is 7.29. The molecule has 1 aliphatic rings. The van der Waals surface area contributed by atoms with Gasteiger partial charge in [-0.05, 0) is 43.7 Å². The van der Waals surface area contributed by atoms with Crippen LogP contribution in [0.1, 0.15) is 44.2 Å². The van der Waals surface area contributed by atoms with E-state index in [-0.39, 0.29) is 0 Å². The highest BCUT2D eigenvalue weighted by atomic mass is 16.3. The van der Waals surface area contributed by atoms with E-state index in [0.717, 1.165) is 26.1 Å². The summed E-state index contributed by atoms with van der Waals surface area (Å²) >= 11 is 0. The maximum atomic E-state index is 9.18. The molecule has 0 aliphatic carbocycles. The van der Waals surface area contributed by atoms with E-state index in [1.54, 1.807) is 0 Å². The fourth-order valence-corrected chi connectivity index (χ4v) is 3.18. The Morgan fingerprint density at radius 2 is 2.19 bits per heavy atom. The van der Waals surface area contributed by atoms with Crippen LogP contribution in [-0.4, -0.2) is 30.8 Å². The molecule has 1 fully saturated rings. The summed E-state index contributed by atoms with van der Waals surface area (Å²) in [7, 11) is 0. The highest BCUT2D eigenvalue weighted by molar-refractivity contribution is 5.55. The molecule has 0 aromatic heterocycles. The predicted octanol–water partition coefficient (Wildman–Crippen LogP) is 3.09. The molecular formula is C18H30N2O. The van der Waals surface area contributed by atoms with Gasteiger partial charge < -0.3 is 15.3 Å². The first-order valence-electron chi connectivity index (χ1n) is 8.29. The number of hydrogen-bond donors (Lipinski definition) is 2. The number of nitrogens with one attached hydrogen (secondary N) is 1. The number of aliphatic hydroxyl groups is 1. The van der Waals surface area contributed by atoms with E-state index in [1.165, 1.54) is 29.7 Å². The molecule has 1 unspecified atom stereocenters. The Morgan fingerprint density at radius 3 is 2.90 bits per heavy atom. The van der Waals surface area contributed by atoms with Gasteiger partial charge in [-0.1, -0.05) is 31.5 Å². The summed E-state index contributed by atoms with van der Waals surface area (Å²) in [4.78, 5) is 2.51. The first kappa shape index (κ1) is 16.3. The number of aryl methyl sites for hydroxylation is 1. The fraction of sp³-hybridized carbons (Fsp3) is 0.667. The molecule has 0 radical (unpaired) electrons. The van der Waals surface area contributed by atoms with Gasteiger partial charge in [-0.2, -0.15) is 0 Å². The van der Waals surface area contributed by atoms with Crippen LogP contribution in [0.25, 0.3) is 0 Å². The summed E-state index contributed by atoms with van der Waals surface area (Å²) in [5, 5.41) is 12.7. The Morgan fingerprint density at radius 1 is 1.38 bits per heavy atom. The zero-order valence-electron chi connectivity index (χ0n) is 13.7. The largest absolute Gasteiger partial charge is 0.396 e. The zero-order chi connectivity index (χ0) is 15.2. The van der Waals surface area contributed by atoms with Gasteiger partial charge in [0.1, 0.15) is 0 Å². The van der Waals surface area contributed by atoms with Crippen LogP contribution in [0.2, 0.25) is 0 Å². The van der Waals surface area contributed by atoms with Crippen LogP contribution in [0.15, 0.2) is 18.2 Å². The molecule has 1 heterocycles. The lowest BCUT2D eigenvalue weighted by Crippen LogP contribution is -2.36. The van der Waals surface area contributed by atoms with Crippen LogP contribution in [0.4, 0.5) is 5.69 Å². The third-order valence-electron chi connectivity index (χ3n) is 4.33. The Labute approximate surface area is 129 Å². The van der Waals surface area contributed by atoms with Crippen LogP contribution < -0.4 is 10.2 Å². The number of benzene rings is 1. The fourth-order valence-electron chi connectivity index (χ4n) is 3.18. The van der Waals surface area contributed by atoms with Crippen molar-refractivity contribution in [2.75, 3.05) is 24.6 Å². The summed E-state index contributed by atoms with van der Waals surface area (Å²) in [6.07, 6.45) is 3.42. The molecular weight excluding hydrogens is 260 g/mol. The molecule has 3 nitrogen and oxygen atoms in total. The Kier molecular flexibility index (Phi) is 6.07. The van der Waals surface area contributed by atoms with Gasteiger partial charge in [0.25, 0.3) is 0 Å². The van der Waals surface area contributed by atoms with E-state index in [4.69, 9.17) is 0 Å². The average Bonchev–Trinajstić information content (AvgIpc) is 2.46. The normalized spacial score (nSPS) is 19.3. The van der Waals surface area contributed by atoms with E-state index in [1.807, 2.05) is 0 Å². The second-order valence-corrected chi connectivity index (χ2v) is 6.63. The van der Waals surface area contributed by atoms with E-state index < -0.39 is 0 Å². The molecule has 1 atom stereocenters. The number of rotatable bonds is 6. The molecule has 1 aromatic rings. The third-order valence-corrected chi connectivity index (χ3v) is 4.33. The van der Waals surface area contributed by atoms with E-state index in [2.05, 4.69) is 49.2 Å². The topological polar surface area (TPSA) is 35.5 Å². The van der Waals surface area contributed by atoms with Gasteiger partial charge in [0.2, 0.25) is 0 Å². The molecule has 21 heavy (non-hydrogen) atoms. The van der Waals surface area contributed by atoms with Crippen LogP contribution in [0.5, 0.6) is 0 Å². The standard InChI is InChI=1S/C18H30N2O/c1-14(2)19-12-17-11-15(3)6-7-18(17)20-9-4-5-16(13-20)8-10-21/h6-7,11,14,16,19,21H,4-5,8-10,12-13H2,1-3H3. The third kappa shape index (κ3) is 4.72.